The van der Waals surface area contributed by atoms with Crippen molar-refractivity contribution in [2.75, 3.05) is 131 Å². The molecule has 4 aliphatic carbocycles. The summed E-state index contributed by atoms with van der Waals surface area (Å²) in [7, 11) is 0. The number of carbonyl (C=O) groups excluding carboxylic acids is 8. The van der Waals surface area contributed by atoms with Crippen molar-refractivity contribution in [1.82, 2.24) is 19.6 Å². The number of ether oxygens (including phenoxy) is 8. The van der Waals surface area contributed by atoms with Crippen LogP contribution in [0.15, 0.2) is 0 Å². The molecule has 0 aromatic heterocycles. The molecule has 20 heteroatoms. The van der Waals surface area contributed by atoms with E-state index in [1.807, 2.05) is 0 Å². The first-order valence-electron chi connectivity index (χ1n) is 41.4. The van der Waals surface area contributed by atoms with Gasteiger partial charge in [-0.15, -0.1) is 0 Å². The van der Waals surface area contributed by atoms with Crippen LogP contribution in [-0.2, 0) is 76.3 Å². The van der Waals surface area contributed by atoms with Gasteiger partial charge in [0, 0.05) is 52.4 Å². The molecule has 1 aliphatic heterocycles. The number of hydrogen-bond donors (Lipinski definition) is 0. The van der Waals surface area contributed by atoms with Crippen molar-refractivity contribution >= 4 is 47.8 Å². The lowest BCUT2D eigenvalue weighted by molar-refractivity contribution is -0.156. The summed E-state index contributed by atoms with van der Waals surface area (Å²) >= 11 is 0. The van der Waals surface area contributed by atoms with Crippen LogP contribution in [0.2, 0.25) is 0 Å². The summed E-state index contributed by atoms with van der Waals surface area (Å²) in [5, 5.41) is 0. The molecule has 0 aromatic carbocycles. The smallest absolute Gasteiger partial charge is 0.309 e. The van der Waals surface area contributed by atoms with Crippen LogP contribution in [0.3, 0.4) is 0 Å². The summed E-state index contributed by atoms with van der Waals surface area (Å²) in [6.45, 7) is 26.1. The lowest BCUT2D eigenvalue weighted by Crippen LogP contribution is -2.47. The predicted molar refractivity (Wildman–Crippen MR) is 398 cm³/mol. The zero-order valence-corrected chi connectivity index (χ0v) is 65.4. The third-order valence-electron chi connectivity index (χ3n) is 22.5. The van der Waals surface area contributed by atoms with E-state index < -0.39 is 23.9 Å². The van der Waals surface area contributed by atoms with Crippen LogP contribution in [0.5, 0.6) is 0 Å². The highest BCUT2D eigenvalue weighted by molar-refractivity contribution is 5.75. The average Bonchev–Trinajstić information content (AvgIpc) is 0.922. The Balaban J connectivity index is 1.02. The highest BCUT2D eigenvalue weighted by Gasteiger charge is 2.32. The van der Waals surface area contributed by atoms with Gasteiger partial charge in [-0.25, -0.2) is 0 Å². The second-order valence-corrected chi connectivity index (χ2v) is 32.8. The fourth-order valence-corrected chi connectivity index (χ4v) is 15.9. The van der Waals surface area contributed by atoms with E-state index >= 15 is 0 Å². The monoisotopic (exact) mass is 1440 g/mol. The van der Waals surface area contributed by atoms with Crippen molar-refractivity contribution in [1.29, 1.82) is 0 Å². The van der Waals surface area contributed by atoms with E-state index in [0.29, 0.717) is 86.6 Å². The van der Waals surface area contributed by atoms with Gasteiger partial charge in [-0.1, -0.05) is 132 Å². The van der Waals surface area contributed by atoms with Gasteiger partial charge in [0.15, 0.2) is 0 Å². The van der Waals surface area contributed by atoms with E-state index in [1.165, 1.54) is 77.0 Å². The Morgan fingerprint density at radius 1 is 0.284 bits per heavy atom. The fraction of sp³-hybridized carbons (Fsp3) is 0.902. The van der Waals surface area contributed by atoms with Crippen molar-refractivity contribution in [3.63, 3.8) is 0 Å². The maximum Gasteiger partial charge on any atom is 0.309 e. The van der Waals surface area contributed by atoms with Gasteiger partial charge in [-0.2, -0.15) is 0 Å². The lowest BCUT2D eigenvalue weighted by atomic mass is 9.79. The Morgan fingerprint density at radius 3 is 0.696 bits per heavy atom. The first-order chi connectivity index (χ1) is 49.2. The number of esters is 8. The van der Waals surface area contributed by atoms with Gasteiger partial charge in [0.05, 0.1) is 49.4 Å². The van der Waals surface area contributed by atoms with E-state index in [1.54, 1.807) is 0 Å². The van der Waals surface area contributed by atoms with Crippen LogP contribution in [0.4, 0.5) is 0 Å². The standard InChI is InChI=1S/C82H144N4O16/c1-63(2)15-9-19-67-23-31-71(32-24-67)79(91)99-59-55-95-75(87)39-47-83(48-40-76(88)96-56-60-100-80(92)72-33-25-68(26-34-72)20-10-16-64(3)4)43-13-45-85-51-53-86(54-52-85)46-14-44-84(49-41-77(89)97-57-61-101-81(93)73-35-27-69(28-36-73)21-11-17-65(5)6)50-42-78(90)98-58-62-102-82(94)74-37-29-70(30-38-74)22-12-18-66(7)8/h63-74H,9-62H2,1-8H3. The van der Waals surface area contributed by atoms with E-state index in [4.69, 9.17) is 37.9 Å². The Bertz CT molecular complexity index is 2020. The molecule has 0 spiro atoms. The van der Waals surface area contributed by atoms with Crippen LogP contribution in [0.1, 0.15) is 274 Å². The van der Waals surface area contributed by atoms with Gasteiger partial charge in [-0.05, 0) is 189 Å². The highest BCUT2D eigenvalue weighted by Crippen LogP contribution is 2.37. The van der Waals surface area contributed by atoms with Crippen molar-refractivity contribution in [2.24, 2.45) is 71.0 Å². The van der Waals surface area contributed by atoms with Crippen LogP contribution >= 0.6 is 0 Å². The normalized spacial score (nSPS) is 22.3. The predicted octanol–water partition coefficient (Wildman–Crippen LogP) is 14.4. The van der Waals surface area contributed by atoms with Gasteiger partial charge in [-0.3, -0.25) is 38.4 Å². The summed E-state index contributed by atoms with van der Waals surface area (Å²) in [6, 6.07) is 0. The van der Waals surface area contributed by atoms with Gasteiger partial charge in [0.25, 0.3) is 0 Å². The summed E-state index contributed by atoms with van der Waals surface area (Å²) in [4.78, 5) is 113. The molecule has 1 heterocycles. The molecule has 588 valence electrons. The third-order valence-corrected chi connectivity index (χ3v) is 22.5. The average molecular weight is 1440 g/mol. The van der Waals surface area contributed by atoms with Gasteiger partial charge >= 0.3 is 47.8 Å². The zero-order chi connectivity index (χ0) is 73.7. The molecule has 5 rings (SSSR count). The van der Waals surface area contributed by atoms with Crippen LogP contribution in [0, 0.1) is 71.0 Å². The largest absolute Gasteiger partial charge is 0.462 e. The van der Waals surface area contributed by atoms with E-state index in [0.717, 1.165) is 155 Å². The van der Waals surface area contributed by atoms with Crippen molar-refractivity contribution in [2.45, 2.75) is 274 Å². The van der Waals surface area contributed by atoms with Crippen LogP contribution in [-0.4, -0.2) is 199 Å². The molecule has 0 bridgehead atoms. The number of rotatable bonds is 52. The quantitative estimate of drug-likeness (QED) is 0.0313. The molecule has 0 amide bonds. The highest BCUT2D eigenvalue weighted by atomic mass is 16.6. The summed E-state index contributed by atoms with van der Waals surface area (Å²) in [5.41, 5.74) is 0. The molecule has 0 aromatic rings. The second kappa shape index (κ2) is 52.6. The van der Waals surface area contributed by atoms with Gasteiger partial charge in [0.2, 0.25) is 0 Å². The molecule has 0 unspecified atom stereocenters. The number of nitrogens with zero attached hydrogens (tertiary/aromatic N) is 4. The first-order valence-corrected chi connectivity index (χ1v) is 41.4. The molecule has 0 atom stereocenters. The Morgan fingerprint density at radius 2 is 0.490 bits per heavy atom. The maximum atomic E-state index is 13.1. The molecule has 4 saturated carbocycles. The Hall–Kier alpha value is -4.40. The van der Waals surface area contributed by atoms with Gasteiger partial charge in [0.1, 0.15) is 52.9 Å². The molecule has 20 nitrogen and oxygen atoms in total. The molecular formula is C82H144N4O16. The minimum Gasteiger partial charge on any atom is -0.462 e. The van der Waals surface area contributed by atoms with Crippen LogP contribution < -0.4 is 0 Å². The number of carbonyl (C=O) groups is 8. The lowest BCUT2D eigenvalue weighted by Gasteiger charge is -2.35. The maximum absolute atomic E-state index is 13.1. The topological polar surface area (TPSA) is 223 Å². The van der Waals surface area contributed by atoms with E-state index in [2.05, 4.69) is 75.0 Å². The Labute approximate surface area is 617 Å². The first kappa shape index (κ1) is 88.2. The number of hydrogen-bond acceptors (Lipinski definition) is 20. The number of piperazine rings is 1. The van der Waals surface area contributed by atoms with Gasteiger partial charge < -0.3 is 57.5 Å². The van der Waals surface area contributed by atoms with E-state index in [-0.39, 0.29) is 126 Å². The molecule has 1 saturated heterocycles. The summed E-state index contributed by atoms with van der Waals surface area (Å²) in [5.74, 6) is 2.79. The molecule has 5 fully saturated rings. The third kappa shape index (κ3) is 40.4. The SMILES string of the molecule is CC(C)CCCC1CCC(C(=O)OCCOC(=O)CCN(CCCN2CCN(CCCN(CCC(=O)OCCOC(=O)C3CCC(CCCC(C)C)CC3)CCC(=O)OCCOC(=O)C3CCC(CCCC(C)C)CC3)CC2)CCC(=O)OCCOC(=O)C2CCC(CCCC(C)C)CC2)CC1. The minimum atomic E-state index is -0.395. The van der Waals surface area contributed by atoms with Crippen molar-refractivity contribution in [3.8, 4) is 0 Å². The molecule has 102 heavy (non-hydrogen) atoms. The minimum absolute atomic E-state index is 0.00758. The molecule has 5 aliphatic rings. The second-order valence-electron chi connectivity index (χ2n) is 32.8. The zero-order valence-electron chi connectivity index (χ0n) is 65.4. The summed E-state index contributed by atoms with van der Waals surface area (Å²) < 4.78 is 44.4. The fourth-order valence-electron chi connectivity index (χ4n) is 15.9. The molecule has 0 radical (unpaired) electrons. The molecular weight excluding hydrogens is 1300 g/mol. The van der Waals surface area contributed by atoms with Crippen molar-refractivity contribution in [3.05, 3.63) is 0 Å². The summed E-state index contributed by atoms with van der Waals surface area (Å²) in [6.07, 6.45) is 32.1. The molecule has 0 N–H and O–H groups in total. The van der Waals surface area contributed by atoms with E-state index in [9.17, 15) is 38.4 Å². The van der Waals surface area contributed by atoms with Crippen molar-refractivity contribution < 1.29 is 76.3 Å². The van der Waals surface area contributed by atoms with Crippen LogP contribution in [0.25, 0.3) is 0 Å². The Kier molecular flexibility index (Phi) is 45.5.